The van der Waals surface area contributed by atoms with Crippen molar-refractivity contribution in [1.82, 2.24) is 10.9 Å². The minimum absolute atomic E-state index is 0.00991. The van der Waals surface area contributed by atoms with Gasteiger partial charge in [-0.2, -0.15) is 0 Å². The Morgan fingerprint density at radius 1 is 1.19 bits per heavy atom. The second-order valence-corrected chi connectivity index (χ2v) is 3.24. The molecule has 16 heavy (non-hydrogen) atoms. The van der Waals surface area contributed by atoms with Gasteiger partial charge in [0, 0.05) is 6.42 Å². The fourth-order valence-corrected chi connectivity index (χ4v) is 0.831. The summed E-state index contributed by atoms with van der Waals surface area (Å²) in [6, 6.07) is -2.00. The normalized spacial score (nSPS) is 14.1. The largest absolute Gasteiger partial charge is 0.480 e. The molecule has 0 aliphatic carbocycles. The Labute approximate surface area is 91.8 Å². The van der Waals surface area contributed by atoms with E-state index in [0.717, 1.165) is 0 Å². The number of nitrogens with two attached hydrogens (primary N) is 1. The minimum Gasteiger partial charge on any atom is -0.480 e. The third-order valence-corrected chi connectivity index (χ3v) is 1.82. The fourth-order valence-electron chi connectivity index (χ4n) is 0.831. The molecule has 0 radical (unpaired) electrons. The van der Waals surface area contributed by atoms with E-state index in [4.69, 9.17) is 15.9 Å². The smallest absolute Gasteiger partial charge is 0.322 e. The van der Waals surface area contributed by atoms with Crippen LogP contribution >= 0.6 is 0 Å². The van der Waals surface area contributed by atoms with E-state index in [2.05, 4.69) is 10.9 Å². The van der Waals surface area contributed by atoms with Gasteiger partial charge in [0.1, 0.15) is 12.1 Å². The van der Waals surface area contributed by atoms with Crippen LogP contribution in [0.2, 0.25) is 0 Å². The lowest BCUT2D eigenvalue weighted by molar-refractivity contribution is -0.143. The molecule has 0 bridgehead atoms. The average molecular weight is 234 g/mol. The Hall–Kier alpha value is -1.67. The molecule has 1 amide bonds. The molecule has 0 aromatic heterocycles. The van der Waals surface area contributed by atoms with Crippen LogP contribution in [0.1, 0.15) is 19.8 Å². The molecule has 8 heteroatoms. The summed E-state index contributed by atoms with van der Waals surface area (Å²) in [6.07, 6.45) is -0.100. The lowest BCUT2D eigenvalue weighted by Gasteiger charge is -2.16. The van der Waals surface area contributed by atoms with Gasteiger partial charge in [-0.05, 0) is 13.3 Å². The van der Waals surface area contributed by atoms with Gasteiger partial charge in [0.05, 0.1) is 0 Å². The maximum Gasteiger partial charge on any atom is 0.322 e. The SMILES string of the molecule is C[C@H](N[15NH][C@@H](CCC(N)=O)C(=O)O)C(=O)O. The summed E-state index contributed by atoms with van der Waals surface area (Å²) >= 11 is 0. The second kappa shape index (κ2) is 6.75. The molecule has 0 aliphatic heterocycles. The molecular formula is C8H15N3O5. The maximum atomic E-state index is 10.7. The van der Waals surface area contributed by atoms with Crippen molar-refractivity contribution in [1.29, 1.82) is 0 Å². The molecular weight excluding hydrogens is 219 g/mol. The van der Waals surface area contributed by atoms with E-state index in [1.807, 2.05) is 0 Å². The molecule has 92 valence electrons. The molecule has 0 unspecified atom stereocenters. The average Bonchev–Trinajstić information content (AvgIpc) is 2.15. The predicted octanol–water partition coefficient (Wildman–Crippen LogP) is -1.73. The van der Waals surface area contributed by atoms with Gasteiger partial charge in [0.15, 0.2) is 0 Å². The first kappa shape index (κ1) is 14.3. The lowest BCUT2D eigenvalue weighted by atomic mass is 10.2. The number of carbonyl (C=O) groups excluding carboxylic acids is 1. The highest BCUT2D eigenvalue weighted by atomic mass is 16.4. The van der Waals surface area contributed by atoms with Gasteiger partial charge < -0.3 is 15.9 Å². The zero-order valence-corrected chi connectivity index (χ0v) is 8.77. The summed E-state index contributed by atoms with van der Waals surface area (Å²) in [6.45, 7) is 1.35. The molecule has 0 fully saturated rings. The van der Waals surface area contributed by atoms with Gasteiger partial charge in [-0.3, -0.25) is 14.4 Å². The number of carboxylic acid groups (broad SMARTS) is 2. The topological polar surface area (TPSA) is 142 Å². The van der Waals surface area contributed by atoms with Crippen molar-refractivity contribution in [3.05, 3.63) is 0 Å². The number of carboxylic acids is 2. The number of hydrogen-bond donors (Lipinski definition) is 5. The van der Waals surface area contributed by atoms with Crippen molar-refractivity contribution in [2.24, 2.45) is 5.73 Å². The molecule has 0 aliphatic rings. The Bertz CT molecular complexity index is 281. The van der Waals surface area contributed by atoms with Gasteiger partial charge >= 0.3 is 11.9 Å². The first-order valence-electron chi connectivity index (χ1n) is 4.59. The number of hydrazine groups is 1. The van der Waals surface area contributed by atoms with E-state index in [1.165, 1.54) is 6.92 Å². The third kappa shape index (κ3) is 5.94. The fraction of sp³-hybridized carbons (Fsp3) is 0.625. The summed E-state index contributed by atoms with van der Waals surface area (Å²) < 4.78 is 0. The first-order valence-corrected chi connectivity index (χ1v) is 4.59. The summed E-state index contributed by atoms with van der Waals surface area (Å²) in [5.74, 6) is -2.92. The van der Waals surface area contributed by atoms with Gasteiger partial charge in [-0.1, -0.05) is 0 Å². The standard InChI is InChI=1S/C8H15N3O5/c1-4(7(13)14)10-11-5(8(15)16)2-3-6(9)12/h4-5,10-11H,2-3H2,1H3,(H2,9,12)(H,13,14)(H,15,16)/t4-,5-/m0/s1/i11+1. The number of nitrogens with one attached hydrogen (secondary N) is 2. The van der Waals surface area contributed by atoms with Crippen LogP contribution in [0.25, 0.3) is 0 Å². The summed E-state index contributed by atoms with van der Waals surface area (Å²) in [4.78, 5) is 31.6. The minimum atomic E-state index is -1.19. The van der Waals surface area contributed by atoms with Gasteiger partial charge in [-0.25, -0.2) is 10.9 Å². The third-order valence-electron chi connectivity index (χ3n) is 1.82. The van der Waals surface area contributed by atoms with E-state index in [-0.39, 0.29) is 12.8 Å². The highest BCUT2D eigenvalue weighted by Gasteiger charge is 2.19. The van der Waals surface area contributed by atoms with Gasteiger partial charge in [0.2, 0.25) is 5.91 Å². The molecule has 0 aromatic carbocycles. The molecule has 8 nitrogen and oxygen atoms in total. The lowest BCUT2D eigenvalue weighted by Crippen LogP contribution is -2.51. The van der Waals surface area contributed by atoms with E-state index >= 15 is 0 Å². The summed E-state index contributed by atoms with van der Waals surface area (Å²) in [7, 11) is 0. The van der Waals surface area contributed by atoms with Crippen LogP contribution in [0.3, 0.4) is 0 Å². The van der Waals surface area contributed by atoms with Crippen molar-refractivity contribution in [3.8, 4) is 0 Å². The number of aliphatic carboxylic acids is 2. The number of amides is 1. The number of hydrogen-bond acceptors (Lipinski definition) is 5. The van der Waals surface area contributed by atoms with E-state index in [0.29, 0.717) is 0 Å². The molecule has 0 aromatic rings. The van der Waals surface area contributed by atoms with Crippen molar-refractivity contribution in [2.75, 3.05) is 0 Å². The Morgan fingerprint density at radius 2 is 1.75 bits per heavy atom. The van der Waals surface area contributed by atoms with Gasteiger partial charge in [-0.15, -0.1) is 0 Å². The van der Waals surface area contributed by atoms with Crippen molar-refractivity contribution >= 4 is 17.8 Å². The molecule has 6 N–H and O–H groups in total. The Balaban J connectivity index is 4.09. The van der Waals surface area contributed by atoms with Crippen LogP contribution in [-0.2, 0) is 14.4 Å². The molecule has 0 heterocycles. The number of primary amides is 1. The van der Waals surface area contributed by atoms with E-state index in [1.54, 1.807) is 0 Å². The van der Waals surface area contributed by atoms with Crippen LogP contribution in [0.5, 0.6) is 0 Å². The molecule has 2 atom stereocenters. The van der Waals surface area contributed by atoms with Crippen LogP contribution in [0.4, 0.5) is 0 Å². The van der Waals surface area contributed by atoms with Crippen LogP contribution in [0.15, 0.2) is 0 Å². The molecule has 0 rings (SSSR count). The first-order chi connectivity index (χ1) is 7.34. The zero-order valence-electron chi connectivity index (χ0n) is 8.77. The summed E-state index contributed by atoms with van der Waals surface area (Å²) in [5.41, 5.74) is 9.49. The second-order valence-electron chi connectivity index (χ2n) is 3.24. The van der Waals surface area contributed by atoms with Crippen molar-refractivity contribution in [2.45, 2.75) is 31.8 Å². The highest BCUT2D eigenvalue weighted by Crippen LogP contribution is 1.96. The molecule has 0 spiro atoms. The Morgan fingerprint density at radius 3 is 2.12 bits per heavy atom. The van der Waals surface area contributed by atoms with Crippen LogP contribution in [0, 0.1) is 0 Å². The zero-order chi connectivity index (χ0) is 12.7. The quantitative estimate of drug-likeness (QED) is 0.248. The summed E-state index contributed by atoms with van der Waals surface area (Å²) in [5, 5.41) is 17.3. The Kier molecular flexibility index (Phi) is 6.04. The van der Waals surface area contributed by atoms with Crippen LogP contribution in [-0.4, -0.2) is 40.1 Å². The van der Waals surface area contributed by atoms with E-state index < -0.39 is 29.9 Å². The van der Waals surface area contributed by atoms with Crippen LogP contribution < -0.4 is 16.6 Å². The van der Waals surface area contributed by atoms with Gasteiger partial charge in [0.25, 0.3) is 0 Å². The van der Waals surface area contributed by atoms with Crippen molar-refractivity contribution in [3.63, 3.8) is 0 Å². The highest BCUT2D eigenvalue weighted by molar-refractivity contribution is 5.77. The van der Waals surface area contributed by atoms with E-state index in [9.17, 15) is 14.4 Å². The molecule has 0 saturated heterocycles. The molecule has 0 saturated carbocycles. The number of rotatable bonds is 8. The number of carbonyl (C=O) groups is 3. The monoisotopic (exact) mass is 234 g/mol. The maximum absolute atomic E-state index is 10.7. The van der Waals surface area contributed by atoms with Crippen molar-refractivity contribution < 1.29 is 24.6 Å². The predicted molar refractivity (Wildman–Crippen MR) is 53.2 cm³/mol.